The highest BCUT2D eigenvalue weighted by molar-refractivity contribution is 5.97. The Morgan fingerprint density at radius 2 is 1.58 bits per heavy atom. The molecule has 3 aliphatic heterocycles. The van der Waals surface area contributed by atoms with Crippen molar-refractivity contribution in [3.63, 3.8) is 0 Å². The monoisotopic (exact) mass is 820 g/mol. The van der Waals surface area contributed by atoms with Gasteiger partial charge in [0.1, 0.15) is 24.6 Å². The molecule has 0 spiro atoms. The number of nitrogens with one attached hydrogen (secondary N) is 2. The molecule has 0 amide bonds. The Balaban J connectivity index is 0.804. The number of aromatic hydroxyl groups is 1. The Labute approximate surface area is 355 Å². The van der Waals surface area contributed by atoms with E-state index in [9.17, 15) is 24.6 Å². The van der Waals surface area contributed by atoms with Crippen molar-refractivity contribution >= 4 is 22.7 Å². The van der Waals surface area contributed by atoms with E-state index in [1.54, 1.807) is 12.1 Å². The number of hydrogen-bond acceptors (Lipinski definition) is 8. The van der Waals surface area contributed by atoms with Gasteiger partial charge in [-0.05, 0) is 79.5 Å². The summed E-state index contributed by atoms with van der Waals surface area (Å²) in [5, 5.41) is 24.9. The summed E-state index contributed by atoms with van der Waals surface area (Å²) in [6, 6.07) is 24.3. The lowest BCUT2D eigenvalue weighted by Gasteiger charge is -2.51. The average Bonchev–Trinajstić information content (AvgIpc) is 3.27. The van der Waals surface area contributed by atoms with Crippen molar-refractivity contribution in [1.82, 2.24) is 10.3 Å². The van der Waals surface area contributed by atoms with E-state index in [0.717, 1.165) is 93.3 Å². The van der Waals surface area contributed by atoms with Crippen LogP contribution in [0.15, 0.2) is 83.7 Å². The highest BCUT2D eigenvalue weighted by Gasteiger charge is 2.48. The number of hydrogen-bond donors (Lipinski definition) is 4. The summed E-state index contributed by atoms with van der Waals surface area (Å²) in [5.74, 6) is 1.90. The lowest BCUT2D eigenvalue weighted by Crippen LogP contribution is -2.65. The first kappa shape index (κ1) is 43.6. The lowest BCUT2D eigenvalue weighted by atomic mass is 9.75. The van der Waals surface area contributed by atoms with Gasteiger partial charge >= 0.3 is 5.97 Å². The van der Waals surface area contributed by atoms with Gasteiger partial charge in [-0.3, -0.25) is 14.4 Å². The number of carbonyl (C=O) groups is 2. The summed E-state index contributed by atoms with van der Waals surface area (Å²) in [7, 11) is 0. The first-order valence-electron chi connectivity index (χ1n) is 22.9. The molecule has 1 unspecified atom stereocenters. The second-order valence-electron chi connectivity index (χ2n) is 17.9. The second-order valence-corrected chi connectivity index (χ2v) is 17.9. The highest BCUT2D eigenvalue weighted by Crippen LogP contribution is 2.41. The summed E-state index contributed by atoms with van der Waals surface area (Å²) in [5.41, 5.74) is 2.67. The van der Waals surface area contributed by atoms with E-state index in [1.807, 2.05) is 36.4 Å². The molecule has 10 nitrogen and oxygen atoms in total. The summed E-state index contributed by atoms with van der Waals surface area (Å²) < 4.78 is 13.4. The number of aromatic nitrogens is 1. The van der Waals surface area contributed by atoms with E-state index in [-0.39, 0.29) is 35.1 Å². The lowest BCUT2D eigenvalue weighted by molar-refractivity contribution is -0.938. The predicted molar refractivity (Wildman–Crippen MR) is 235 cm³/mol. The number of quaternary nitrogens is 1. The molecule has 3 saturated heterocycles. The molecule has 1 saturated carbocycles. The number of nitrogens with zero attached hydrogens (tertiary/aromatic N) is 1. The number of aromatic amines is 1. The molecule has 4 fully saturated rings. The summed E-state index contributed by atoms with van der Waals surface area (Å²) in [4.78, 5) is 41.4. The first-order chi connectivity index (χ1) is 29.3. The molecule has 4 aromatic rings. The topological polar surface area (TPSA) is 138 Å². The molecule has 1 aromatic heterocycles. The number of piperidine rings is 3. The number of carbonyl (C=O) groups excluding carboxylic acids is 2. The van der Waals surface area contributed by atoms with Crippen molar-refractivity contribution in [3.8, 4) is 11.5 Å². The number of Topliss-reactive ketones (excluding diaryl/α,β-unsaturated/α-hetero) is 1. The third-order valence-electron chi connectivity index (χ3n) is 13.7. The zero-order valence-corrected chi connectivity index (χ0v) is 35.3. The zero-order chi connectivity index (χ0) is 41.7. The molecule has 60 heavy (non-hydrogen) atoms. The van der Waals surface area contributed by atoms with Gasteiger partial charge in [0, 0.05) is 42.3 Å². The number of esters is 1. The van der Waals surface area contributed by atoms with Crippen LogP contribution in [0.5, 0.6) is 11.5 Å². The molecular formula is C50H66N3O7+. The van der Waals surface area contributed by atoms with Crippen molar-refractivity contribution in [2.75, 3.05) is 45.9 Å². The van der Waals surface area contributed by atoms with Gasteiger partial charge in [0.05, 0.1) is 37.7 Å². The quantitative estimate of drug-likeness (QED) is 0.0268. The fourth-order valence-corrected chi connectivity index (χ4v) is 10.2. The van der Waals surface area contributed by atoms with E-state index in [1.165, 1.54) is 56.2 Å². The van der Waals surface area contributed by atoms with Crippen LogP contribution in [-0.2, 0) is 9.53 Å². The van der Waals surface area contributed by atoms with Crippen LogP contribution >= 0.6 is 0 Å². The number of phenolic OH excluding ortho intramolecular Hbond substituents is 1. The number of aliphatic hydroxyl groups excluding tert-OH is 1. The molecule has 0 radical (unpaired) electrons. The van der Waals surface area contributed by atoms with Gasteiger partial charge in [0.25, 0.3) is 0 Å². The number of rotatable bonds is 22. The van der Waals surface area contributed by atoms with Crippen LogP contribution in [0, 0.1) is 11.8 Å². The molecule has 10 heteroatoms. The Hall–Kier alpha value is -4.51. The Morgan fingerprint density at radius 1 is 0.833 bits per heavy atom. The molecule has 1 aliphatic carbocycles. The van der Waals surface area contributed by atoms with E-state index >= 15 is 0 Å². The number of ketones is 1. The van der Waals surface area contributed by atoms with Crippen LogP contribution in [0.2, 0.25) is 0 Å². The van der Waals surface area contributed by atoms with E-state index in [4.69, 9.17) is 9.47 Å². The van der Waals surface area contributed by atoms with Crippen molar-refractivity contribution in [2.24, 2.45) is 11.8 Å². The smallest absolute Gasteiger partial charge is 0.306 e. The molecule has 322 valence electrons. The summed E-state index contributed by atoms with van der Waals surface area (Å²) in [6.07, 6.45) is 15.3. The molecule has 3 aromatic carbocycles. The van der Waals surface area contributed by atoms with E-state index < -0.39 is 6.10 Å². The molecule has 8 rings (SSSR count). The Morgan fingerprint density at radius 3 is 2.37 bits per heavy atom. The van der Waals surface area contributed by atoms with Crippen LogP contribution in [0.4, 0.5) is 0 Å². The van der Waals surface area contributed by atoms with Gasteiger partial charge in [-0.25, -0.2) is 0 Å². The number of benzene rings is 3. The minimum absolute atomic E-state index is 0.00839. The zero-order valence-electron chi connectivity index (χ0n) is 35.3. The van der Waals surface area contributed by atoms with Gasteiger partial charge in [-0.1, -0.05) is 99.9 Å². The van der Waals surface area contributed by atoms with Crippen LogP contribution in [0.3, 0.4) is 0 Å². The van der Waals surface area contributed by atoms with Crippen molar-refractivity contribution < 1.29 is 33.8 Å². The van der Waals surface area contributed by atoms with Crippen LogP contribution in [0.1, 0.15) is 130 Å². The number of unbranched alkanes of at least 4 members (excludes halogenated alkanes) is 6. The van der Waals surface area contributed by atoms with Gasteiger partial charge in [-0.15, -0.1) is 0 Å². The maximum absolute atomic E-state index is 13.8. The number of ether oxygens (including phenoxy) is 2. The van der Waals surface area contributed by atoms with Crippen LogP contribution in [-0.4, -0.2) is 83.4 Å². The third kappa shape index (κ3) is 11.6. The molecule has 4 aliphatic rings. The Bertz CT molecular complexity index is 2050. The van der Waals surface area contributed by atoms with Gasteiger partial charge in [0.15, 0.2) is 6.10 Å². The maximum atomic E-state index is 13.8. The minimum Gasteiger partial charge on any atom is -0.506 e. The number of phenols is 1. The van der Waals surface area contributed by atoms with Gasteiger partial charge < -0.3 is 34.5 Å². The molecule has 4 heterocycles. The maximum Gasteiger partial charge on any atom is 0.306 e. The standard InChI is InChI=1S/C50H65N3O7/c54-44-23-21-41(42-22-24-48(57)52-50(42)44)45(55)33-51-27-12-4-2-1-3-5-13-30-59-40-20-14-19-39(31-40)43(36-15-8-6-9-16-36)32-49(58)60-47-35-53(28-25-38(47)26-29-53)34-46(56)37-17-10-7-11-18-37/h7,10-11,14,17-24,31,36,38,43,45,47,51,55H,1-6,8-9,12-13,15-16,25-30,32-35H2,(H-,52,54,57)/p+1/t38?,43?,45-,47-,53?/m0/s1. The fourth-order valence-electron chi connectivity index (χ4n) is 10.2. The molecule has 2 bridgehead atoms. The first-order valence-corrected chi connectivity index (χ1v) is 22.9. The van der Waals surface area contributed by atoms with E-state index in [2.05, 4.69) is 28.5 Å². The number of H-pyrrole nitrogens is 1. The minimum atomic E-state index is -0.744. The average molecular weight is 821 g/mol. The third-order valence-corrected chi connectivity index (χ3v) is 13.7. The normalized spacial score (nSPS) is 21.4. The molecule has 3 atom stereocenters. The molecular weight excluding hydrogens is 755 g/mol. The molecule has 4 N–H and O–H groups in total. The Kier molecular flexibility index (Phi) is 15.5. The highest BCUT2D eigenvalue weighted by atomic mass is 16.5. The van der Waals surface area contributed by atoms with Crippen molar-refractivity contribution in [3.05, 3.63) is 106 Å². The largest absolute Gasteiger partial charge is 0.506 e. The number of pyridine rings is 1. The van der Waals surface area contributed by atoms with Crippen LogP contribution in [0.25, 0.3) is 10.9 Å². The second kappa shape index (κ2) is 21.3. The fraction of sp³-hybridized carbons (Fsp3) is 0.540. The van der Waals surface area contributed by atoms with Gasteiger partial charge in [-0.2, -0.15) is 0 Å². The SMILES string of the molecule is O=C(CC(c1cccc(OCCCCCCCCCNC[C@H](O)c2ccc(O)c3[nH]c(=O)ccc23)c1)C1CCCCC1)O[C@H]1C[N+]2(CC(=O)c3ccccc3)CCC1CC2. The van der Waals surface area contributed by atoms with Crippen LogP contribution < -0.4 is 15.6 Å². The van der Waals surface area contributed by atoms with Crippen molar-refractivity contribution in [2.45, 2.75) is 114 Å². The van der Waals surface area contributed by atoms with E-state index in [0.29, 0.717) is 54.4 Å². The number of fused-ring (bicyclic) bond motifs is 4. The van der Waals surface area contributed by atoms with Crippen molar-refractivity contribution in [1.29, 1.82) is 0 Å². The predicted octanol–water partition coefficient (Wildman–Crippen LogP) is 8.76. The summed E-state index contributed by atoms with van der Waals surface area (Å²) in [6.45, 7) is 5.08. The summed E-state index contributed by atoms with van der Waals surface area (Å²) >= 11 is 0. The number of aliphatic hydroxyl groups is 1. The van der Waals surface area contributed by atoms with Gasteiger partial charge in [0.2, 0.25) is 11.3 Å².